The van der Waals surface area contributed by atoms with Gasteiger partial charge < -0.3 is 39.9 Å². The maximum absolute atomic E-state index is 12.8. The average molecular weight is 913 g/mol. The molecule has 0 amide bonds. The molecule has 1 fully saturated rings. The Balaban J connectivity index is 2.47. The quantitative estimate of drug-likeness (QED) is 0.0147. The standard InChI is InChI=1S/C49H85O13P/c1-3-5-7-9-11-13-15-17-19-20-21-22-24-26-28-30-32-34-36-38-43(51)61-41(40-60-63(57,58)62-49-47(55)45(53)44(52)46(54)48(49)56)39-59-42(50)37-35-33-31-29-27-25-23-18-16-14-12-10-8-6-4-2/h5,7,11,13,17,19,21-22,26,28,41,44-49,52-56H,3-4,6,8-10,12,14-16,18,20,23-25,27,29-40H2,1-2H3,(H,57,58). The molecule has 1 rings (SSSR count). The maximum Gasteiger partial charge on any atom is 0.472 e. The van der Waals surface area contributed by atoms with E-state index in [1.165, 1.54) is 70.6 Å². The topological polar surface area (TPSA) is 210 Å². The highest BCUT2D eigenvalue weighted by molar-refractivity contribution is 7.47. The number of phosphoric acid groups is 1. The molecule has 1 saturated carbocycles. The van der Waals surface area contributed by atoms with Crippen molar-refractivity contribution in [3.05, 3.63) is 60.8 Å². The minimum atomic E-state index is -5.13. The third kappa shape index (κ3) is 31.2. The zero-order valence-corrected chi connectivity index (χ0v) is 39.5. The van der Waals surface area contributed by atoms with E-state index in [2.05, 4.69) is 74.6 Å². The summed E-state index contributed by atoms with van der Waals surface area (Å²) in [5, 5.41) is 50.2. The van der Waals surface area contributed by atoms with Crippen molar-refractivity contribution in [3.63, 3.8) is 0 Å². The van der Waals surface area contributed by atoms with Crippen LogP contribution in [-0.4, -0.2) is 98.3 Å². The van der Waals surface area contributed by atoms with Crippen molar-refractivity contribution >= 4 is 19.8 Å². The largest absolute Gasteiger partial charge is 0.472 e. The van der Waals surface area contributed by atoms with E-state index in [0.717, 1.165) is 70.6 Å². The van der Waals surface area contributed by atoms with Crippen LogP contribution in [0.3, 0.4) is 0 Å². The number of aliphatic hydroxyl groups excluding tert-OH is 5. The van der Waals surface area contributed by atoms with Crippen LogP contribution in [-0.2, 0) is 32.7 Å². The van der Waals surface area contributed by atoms with Gasteiger partial charge in [-0.1, -0.05) is 171 Å². The first kappa shape index (κ1) is 58.6. The van der Waals surface area contributed by atoms with E-state index in [1.54, 1.807) is 0 Å². The van der Waals surface area contributed by atoms with Crippen molar-refractivity contribution in [1.82, 2.24) is 0 Å². The summed E-state index contributed by atoms with van der Waals surface area (Å²) in [5.74, 6) is -1.14. The highest BCUT2D eigenvalue weighted by atomic mass is 31.2. The Labute approximate surface area is 379 Å². The van der Waals surface area contributed by atoms with Gasteiger partial charge in [-0.05, 0) is 57.8 Å². The van der Waals surface area contributed by atoms with Crippen LogP contribution in [0.15, 0.2) is 60.8 Å². The number of hydrogen-bond donors (Lipinski definition) is 6. The molecule has 6 N–H and O–H groups in total. The van der Waals surface area contributed by atoms with Crippen molar-refractivity contribution in [2.75, 3.05) is 13.2 Å². The van der Waals surface area contributed by atoms with Gasteiger partial charge in [0.25, 0.3) is 0 Å². The minimum Gasteiger partial charge on any atom is -0.462 e. The zero-order valence-electron chi connectivity index (χ0n) is 38.6. The Morgan fingerprint density at radius 3 is 1.38 bits per heavy atom. The number of rotatable bonds is 39. The van der Waals surface area contributed by atoms with E-state index in [-0.39, 0.29) is 12.8 Å². The molecule has 0 saturated heterocycles. The smallest absolute Gasteiger partial charge is 0.462 e. The number of ether oxygens (including phenoxy) is 2. The highest BCUT2D eigenvalue weighted by Crippen LogP contribution is 2.47. The van der Waals surface area contributed by atoms with Crippen LogP contribution in [0.5, 0.6) is 0 Å². The number of carbonyl (C=O) groups is 2. The van der Waals surface area contributed by atoms with Crippen LogP contribution in [0.4, 0.5) is 0 Å². The average Bonchev–Trinajstić information content (AvgIpc) is 3.26. The SMILES string of the molecule is CCC=CCC=CCC=CCC=CCC=CCCCCCC(=O)OC(COC(=O)CCCCCCCCCCCCCCCCC)COP(=O)(O)OC1C(O)C(O)C(O)C(O)C1O. The summed E-state index contributed by atoms with van der Waals surface area (Å²) in [7, 11) is -5.13. The van der Waals surface area contributed by atoms with Gasteiger partial charge in [-0.3, -0.25) is 18.6 Å². The van der Waals surface area contributed by atoms with Crippen molar-refractivity contribution in [1.29, 1.82) is 0 Å². The summed E-state index contributed by atoms with van der Waals surface area (Å²) < 4.78 is 33.5. The van der Waals surface area contributed by atoms with Gasteiger partial charge in [0.15, 0.2) is 6.10 Å². The fraction of sp³-hybridized carbons (Fsp3) is 0.755. The third-order valence-electron chi connectivity index (χ3n) is 10.9. The third-order valence-corrected chi connectivity index (χ3v) is 11.9. The summed E-state index contributed by atoms with van der Waals surface area (Å²) in [6.07, 6.45) is 34.1. The Bertz CT molecular complexity index is 1330. The van der Waals surface area contributed by atoms with Gasteiger partial charge in [0.2, 0.25) is 0 Å². The molecule has 1 aliphatic carbocycles. The molecule has 0 aromatic rings. The fourth-order valence-corrected chi connectivity index (χ4v) is 7.99. The van der Waals surface area contributed by atoms with Crippen LogP contribution in [0.2, 0.25) is 0 Å². The molecule has 0 heterocycles. The van der Waals surface area contributed by atoms with Crippen molar-refractivity contribution in [2.45, 2.75) is 224 Å². The number of phosphoric ester groups is 1. The maximum atomic E-state index is 12.8. The number of esters is 2. The van der Waals surface area contributed by atoms with E-state index in [4.69, 9.17) is 18.5 Å². The molecule has 13 nitrogen and oxygen atoms in total. The Morgan fingerprint density at radius 1 is 0.508 bits per heavy atom. The van der Waals surface area contributed by atoms with Crippen LogP contribution in [0.25, 0.3) is 0 Å². The predicted octanol–water partition coefficient (Wildman–Crippen LogP) is 9.73. The van der Waals surface area contributed by atoms with Crippen molar-refractivity contribution < 1.29 is 63.1 Å². The normalized spacial score (nSPS) is 22.2. The number of hydrogen-bond acceptors (Lipinski definition) is 12. The molecule has 364 valence electrons. The molecule has 1 aliphatic rings. The highest BCUT2D eigenvalue weighted by Gasteiger charge is 2.51. The Morgan fingerprint density at radius 2 is 0.905 bits per heavy atom. The van der Waals surface area contributed by atoms with Gasteiger partial charge in [0, 0.05) is 12.8 Å². The lowest BCUT2D eigenvalue weighted by Gasteiger charge is -2.41. The summed E-state index contributed by atoms with van der Waals surface area (Å²) in [4.78, 5) is 35.7. The molecule has 0 aromatic carbocycles. The summed E-state index contributed by atoms with van der Waals surface area (Å²) in [5.41, 5.74) is 0. The van der Waals surface area contributed by atoms with Gasteiger partial charge in [-0.2, -0.15) is 0 Å². The Hall–Kier alpha value is -2.45. The van der Waals surface area contributed by atoms with Gasteiger partial charge in [-0.15, -0.1) is 0 Å². The molecule has 0 aromatic heterocycles. The lowest BCUT2D eigenvalue weighted by Crippen LogP contribution is -2.64. The van der Waals surface area contributed by atoms with Gasteiger partial charge >= 0.3 is 19.8 Å². The van der Waals surface area contributed by atoms with E-state index in [1.807, 2.05) is 0 Å². The van der Waals surface area contributed by atoms with Crippen molar-refractivity contribution in [2.24, 2.45) is 0 Å². The van der Waals surface area contributed by atoms with E-state index in [9.17, 15) is 44.6 Å². The zero-order chi connectivity index (χ0) is 46.4. The van der Waals surface area contributed by atoms with Crippen LogP contribution < -0.4 is 0 Å². The number of allylic oxidation sites excluding steroid dienone is 10. The molecular weight excluding hydrogens is 828 g/mol. The van der Waals surface area contributed by atoms with Crippen molar-refractivity contribution in [3.8, 4) is 0 Å². The summed E-state index contributed by atoms with van der Waals surface area (Å²) in [6, 6.07) is 0. The van der Waals surface area contributed by atoms with Gasteiger partial charge in [0.05, 0.1) is 6.61 Å². The van der Waals surface area contributed by atoms with E-state index >= 15 is 0 Å². The molecule has 14 heteroatoms. The predicted molar refractivity (Wildman–Crippen MR) is 249 cm³/mol. The molecule has 0 bridgehead atoms. The molecule has 0 spiro atoms. The van der Waals surface area contributed by atoms with Gasteiger partial charge in [-0.25, -0.2) is 4.57 Å². The molecule has 6 atom stereocenters. The summed E-state index contributed by atoms with van der Waals surface area (Å²) in [6.45, 7) is 3.17. The fourth-order valence-electron chi connectivity index (χ4n) is 7.02. The van der Waals surface area contributed by atoms with Gasteiger partial charge in [0.1, 0.15) is 43.2 Å². The Kier molecular flexibility index (Phi) is 36.1. The van der Waals surface area contributed by atoms with Crippen LogP contribution in [0, 0.1) is 0 Å². The first-order valence-corrected chi connectivity index (χ1v) is 25.6. The second-order valence-corrected chi connectivity index (χ2v) is 18.0. The molecule has 6 unspecified atom stereocenters. The lowest BCUT2D eigenvalue weighted by molar-refractivity contribution is -0.220. The van der Waals surface area contributed by atoms with Crippen LogP contribution >= 0.6 is 7.82 Å². The number of unbranched alkanes of at least 4 members (excludes halogenated alkanes) is 17. The van der Waals surface area contributed by atoms with E-state index < -0.39 is 75.7 Å². The van der Waals surface area contributed by atoms with Crippen LogP contribution in [0.1, 0.15) is 181 Å². The monoisotopic (exact) mass is 913 g/mol. The lowest BCUT2D eigenvalue weighted by atomic mass is 9.85. The minimum absolute atomic E-state index is 0.0566. The second kappa shape index (κ2) is 38.8. The van der Waals surface area contributed by atoms with E-state index in [0.29, 0.717) is 12.8 Å². The number of carbonyl (C=O) groups excluding carboxylic acids is 2. The molecule has 63 heavy (non-hydrogen) atoms. The first-order chi connectivity index (χ1) is 30.4. The molecular formula is C49H85O13P. The summed E-state index contributed by atoms with van der Waals surface area (Å²) >= 11 is 0. The molecule has 0 radical (unpaired) electrons. The second-order valence-electron chi connectivity index (χ2n) is 16.6. The molecule has 0 aliphatic heterocycles. The first-order valence-electron chi connectivity index (χ1n) is 24.1. The number of aliphatic hydroxyl groups is 5.